The van der Waals surface area contributed by atoms with E-state index < -0.39 is 6.10 Å². The Hall–Kier alpha value is -1.88. The van der Waals surface area contributed by atoms with Crippen LogP contribution >= 0.6 is 0 Å². The number of carbonyl (C=O) groups is 2. The average Bonchev–Trinajstić information content (AvgIpc) is 2.36. The SMILES string of the molecule is COC1CNC(=O)N(Cc2ccccc2)C1=O. The molecule has 0 bridgehead atoms. The fourth-order valence-corrected chi connectivity index (χ4v) is 1.74. The van der Waals surface area contributed by atoms with Crippen LogP contribution in [0.1, 0.15) is 5.56 Å². The van der Waals surface area contributed by atoms with Crippen LogP contribution in [0.5, 0.6) is 0 Å². The van der Waals surface area contributed by atoms with E-state index in [2.05, 4.69) is 5.32 Å². The summed E-state index contributed by atoms with van der Waals surface area (Å²) in [6, 6.07) is 9.01. The number of rotatable bonds is 3. The maximum atomic E-state index is 11.9. The van der Waals surface area contributed by atoms with E-state index in [0.29, 0.717) is 0 Å². The average molecular weight is 234 g/mol. The van der Waals surface area contributed by atoms with Gasteiger partial charge in [0.05, 0.1) is 13.1 Å². The molecule has 1 heterocycles. The zero-order valence-electron chi connectivity index (χ0n) is 9.55. The predicted molar refractivity (Wildman–Crippen MR) is 61.2 cm³/mol. The first-order valence-corrected chi connectivity index (χ1v) is 5.38. The van der Waals surface area contributed by atoms with Gasteiger partial charge in [-0.15, -0.1) is 0 Å². The van der Waals surface area contributed by atoms with E-state index in [1.54, 1.807) is 0 Å². The van der Waals surface area contributed by atoms with Gasteiger partial charge in [-0.25, -0.2) is 4.79 Å². The topological polar surface area (TPSA) is 58.6 Å². The Morgan fingerprint density at radius 1 is 1.35 bits per heavy atom. The highest BCUT2D eigenvalue weighted by molar-refractivity contribution is 5.99. The number of carbonyl (C=O) groups excluding carboxylic acids is 2. The number of urea groups is 1. The minimum atomic E-state index is -0.587. The fraction of sp³-hybridized carbons (Fsp3) is 0.333. The zero-order chi connectivity index (χ0) is 12.3. The summed E-state index contributed by atoms with van der Waals surface area (Å²) in [5, 5.41) is 2.62. The van der Waals surface area contributed by atoms with E-state index in [0.717, 1.165) is 5.56 Å². The van der Waals surface area contributed by atoms with Crippen molar-refractivity contribution < 1.29 is 14.3 Å². The Bertz CT molecular complexity index is 419. The summed E-state index contributed by atoms with van der Waals surface area (Å²) >= 11 is 0. The van der Waals surface area contributed by atoms with Gasteiger partial charge in [0.2, 0.25) is 0 Å². The molecule has 1 aromatic carbocycles. The molecule has 0 radical (unpaired) electrons. The lowest BCUT2D eigenvalue weighted by Crippen LogP contribution is -2.57. The first kappa shape index (κ1) is 11.6. The molecule has 17 heavy (non-hydrogen) atoms. The van der Waals surface area contributed by atoms with Crippen molar-refractivity contribution in [3.63, 3.8) is 0 Å². The Morgan fingerprint density at radius 3 is 2.71 bits per heavy atom. The van der Waals surface area contributed by atoms with Gasteiger partial charge in [0.25, 0.3) is 5.91 Å². The normalized spacial score (nSPS) is 20.3. The van der Waals surface area contributed by atoms with Gasteiger partial charge < -0.3 is 10.1 Å². The summed E-state index contributed by atoms with van der Waals surface area (Å²) in [6.07, 6.45) is -0.587. The van der Waals surface area contributed by atoms with Gasteiger partial charge >= 0.3 is 6.03 Å². The van der Waals surface area contributed by atoms with Crippen LogP contribution in [0, 0.1) is 0 Å². The van der Waals surface area contributed by atoms with Crippen LogP contribution in [0.15, 0.2) is 30.3 Å². The number of imide groups is 1. The van der Waals surface area contributed by atoms with E-state index in [1.807, 2.05) is 30.3 Å². The van der Waals surface area contributed by atoms with E-state index in [9.17, 15) is 9.59 Å². The van der Waals surface area contributed by atoms with E-state index in [4.69, 9.17) is 4.74 Å². The van der Waals surface area contributed by atoms with Crippen LogP contribution in [-0.2, 0) is 16.1 Å². The highest BCUT2D eigenvalue weighted by Crippen LogP contribution is 2.10. The molecule has 3 amide bonds. The Kier molecular flexibility index (Phi) is 3.39. The van der Waals surface area contributed by atoms with Crippen molar-refractivity contribution in [3.8, 4) is 0 Å². The molecule has 2 rings (SSSR count). The molecule has 1 N–H and O–H groups in total. The third-order valence-corrected chi connectivity index (χ3v) is 2.69. The molecule has 1 saturated heterocycles. The monoisotopic (exact) mass is 234 g/mol. The molecule has 1 fully saturated rings. The third-order valence-electron chi connectivity index (χ3n) is 2.69. The number of hydrogen-bond donors (Lipinski definition) is 1. The number of nitrogens with one attached hydrogen (secondary N) is 1. The van der Waals surface area contributed by atoms with Crippen molar-refractivity contribution in [3.05, 3.63) is 35.9 Å². The standard InChI is InChI=1S/C12H14N2O3/c1-17-10-7-13-12(16)14(11(10)15)8-9-5-3-2-4-6-9/h2-6,10H,7-8H2,1H3,(H,13,16). The summed E-state index contributed by atoms with van der Waals surface area (Å²) in [4.78, 5) is 24.7. The van der Waals surface area contributed by atoms with Crippen molar-refractivity contribution in [1.29, 1.82) is 0 Å². The van der Waals surface area contributed by atoms with Crippen molar-refractivity contribution in [1.82, 2.24) is 10.2 Å². The van der Waals surface area contributed by atoms with Crippen molar-refractivity contribution in [2.24, 2.45) is 0 Å². The summed E-state index contributed by atoms with van der Waals surface area (Å²) in [5.41, 5.74) is 0.910. The molecular weight excluding hydrogens is 220 g/mol. The summed E-state index contributed by atoms with van der Waals surface area (Å²) in [5.74, 6) is -0.292. The first-order chi connectivity index (χ1) is 8.22. The fourth-order valence-electron chi connectivity index (χ4n) is 1.74. The molecule has 0 aromatic heterocycles. The van der Waals surface area contributed by atoms with Gasteiger partial charge in [0.1, 0.15) is 0 Å². The van der Waals surface area contributed by atoms with E-state index in [-0.39, 0.29) is 25.0 Å². The predicted octanol–water partition coefficient (Wildman–Crippen LogP) is 0.753. The van der Waals surface area contributed by atoms with Crippen LogP contribution < -0.4 is 5.32 Å². The number of benzene rings is 1. The smallest absolute Gasteiger partial charge is 0.324 e. The zero-order valence-corrected chi connectivity index (χ0v) is 9.55. The Balaban J connectivity index is 2.13. The highest BCUT2D eigenvalue weighted by Gasteiger charge is 2.33. The third kappa shape index (κ3) is 2.45. The minimum Gasteiger partial charge on any atom is -0.370 e. The summed E-state index contributed by atoms with van der Waals surface area (Å²) in [6.45, 7) is 0.505. The van der Waals surface area contributed by atoms with Gasteiger partial charge in [-0.05, 0) is 5.56 Å². The molecule has 5 heteroatoms. The summed E-state index contributed by atoms with van der Waals surface area (Å²) in [7, 11) is 1.46. The molecule has 1 aromatic rings. The quantitative estimate of drug-likeness (QED) is 0.839. The molecule has 0 spiro atoms. The van der Waals surface area contributed by atoms with Crippen LogP contribution in [0.4, 0.5) is 4.79 Å². The van der Waals surface area contributed by atoms with E-state index >= 15 is 0 Å². The number of ether oxygens (including phenoxy) is 1. The number of methoxy groups -OCH3 is 1. The maximum Gasteiger partial charge on any atom is 0.324 e. The van der Waals surface area contributed by atoms with Gasteiger partial charge in [0, 0.05) is 7.11 Å². The second-order valence-electron chi connectivity index (χ2n) is 3.82. The lowest BCUT2D eigenvalue weighted by atomic mass is 10.2. The van der Waals surface area contributed by atoms with Crippen LogP contribution in [-0.4, -0.2) is 36.6 Å². The van der Waals surface area contributed by atoms with Crippen molar-refractivity contribution in [2.45, 2.75) is 12.6 Å². The number of amides is 3. The van der Waals surface area contributed by atoms with Gasteiger partial charge in [0.15, 0.2) is 6.10 Å². The molecule has 1 unspecified atom stereocenters. The lowest BCUT2D eigenvalue weighted by molar-refractivity contribution is -0.140. The lowest BCUT2D eigenvalue weighted by Gasteiger charge is -2.30. The minimum absolute atomic E-state index is 0.236. The largest absolute Gasteiger partial charge is 0.370 e. The second-order valence-corrected chi connectivity index (χ2v) is 3.82. The second kappa shape index (κ2) is 4.97. The number of hydrogen-bond acceptors (Lipinski definition) is 3. The molecular formula is C12H14N2O3. The highest BCUT2D eigenvalue weighted by atomic mass is 16.5. The molecule has 1 atom stereocenters. The molecule has 5 nitrogen and oxygen atoms in total. The van der Waals surface area contributed by atoms with Gasteiger partial charge in [-0.2, -0.15) is 0 Å². The van der Waals surface area contributed by atoms with E-state index in [1.165, 1.54) is 12.0 Å². The number of nitrogens with zero attached hydrogens (tertiary/aromatic N) is 1. The Morgan fingerprint density at radius 2 is 2.06 bits per heavy atom. The summed E-state index contributed by atoms with van der Waals surface area (Å²) < 4.78 is 5.01. The first-order valence-electron chi connectivity index (χ1n) is 5.38. The Labute approximate surface area is 99.4 Å². The molecule has 0 saturated carbocycles. The molecule has 1 aliphatic heterocycles. The van der Waals surface area contributed by atoms with Gasteiger partial charge in [-0.1, -0.05) is 30.3 Å². The van der Waals surface area contributed by atoms with Crippen LogP contribution in [0.25, 0.3) is 0 Å². The van der Waals surface area contributed by atoms with Crippen molar-refractivity contribution in [2.75, 3.05) is 13.7 Å². The van der Waals surface area contributed by atoms with Crippen LogP contribution in [0.2, 0.25) is 0 Å². The molecule has 1 aliphatic rings. The molecule has 90 valence electrons. The van der Waals surface area contributed by atoms with Gasteiger partial charge in [-0.3, -0.25) is 9.69 Å². The maximum absolute atomic E-state index is 11.9. The molecule has 0 aliphatic carbocycles. The van der Waals surface area contributed by atoms with Crippen molar-refractivity contribution >= 4 is 11.9 Å². The van der Waals surface area contributed by atoms with Crippen LogP contribution in [0.3, 0.4) is 0 Å².